The van der Waals surface area contributed by atoms with E-state index in [1.807, 2.05) is 18.2 Å². The molecule has 0 aliphatic rings. The quantitative estimate of drug-likeness (QED) is 0.202. The van der Waals surface area contributed by atoms with Crippen molar-refractivity contribution in [2.75, 3.05) is 5.32 Å². The van der Waals surface area contributed by atoms with E-state index in [-0.39, 0.29) is 5.56 Å². The highest BCUT2D eigenvalue weighted by Crippen LogP contribution is 2.32. The van der Waals surface area contributed by atoms with Crippen molar-refractivity contribution in [2.45, 2.75) is 13.0 Å². The maximum Gasteiger partial charge on any atom is 0.338 e. The first-order valence-corrected chi connectivity index (χ1v) is 13.3. The smallest absolute Gasteiger partial charge is 0.338 e. The molecular formula is C29H19ClN4O5S. The van der Waals surface area contributed by atoms with Gasteiger partial charge in [-0.15, -0.1) is 11.3 Å². The van der Waals surface area contributed by atoms with Crippen molar-refractivity contribution in [3.63, 3.8) is 0 Å². The number of carbonyl (C=O) groups excluding carboxylic acids is 2. The van der Waals surface area contributed by atoms with Crippen LogP contribution in [-0.4, -0.2) is 32.9 Å². The van der Waals surface area contributed by atoms with Crippen LogP contribution in [0.2, 0.25) is 5.02 Å². The largest absolute Gasteiger partial charge is 0.463 e. The molecule has 0 saturated heterocycles. The van der Waals surface area contributed by atoms with Crippen LogP contribution in [0.15, 0.2) is 93.5 Å². The van der Waals surface area contributed by atoms with Gasteiger partial charge in [0.2, 0.25) is 0 Å². The Bertz CT molecular complexity index is 1830. The highest BCUT2D eigenvalue weighted by atomic mass is 35.5. The molecule has 0 bridgehead atoms. The standard InChI is InChI=1S/C29H19ClN4O5S/c1-16(27(35)34-29-33-22(15-40-29)18-6-2-3-7-19(18)30)39-28(36)17-10-11-20-21(14-17)32-26(24-9-5-13-38-24)25(31-20)23-8-4-12-37-23/h2-16H,1H3,(H,33,34,35). The van der Waals surface area contributed by atoms with Gasteiger partial charge in [-0.3, -0.25) is 10.1 Å². The van der Waals surface area contributed by atoms with Crippen LogP contribution in [-0.2, 0) is 9.53 Å². The number of nitrogens with zero attached hydrogens (tertiary/aromatic N) is 3. The van der Waals surface area contributed by atoms with Gasteiger partial charge < -0.3 is 13.6 Å². The van der Waals surface area contributed by atoms with Gasteiger partial charge in [0, 0.05) is 16.0 Å². The number of hydrogen-bond acceptors (Lipinski definition) is 9. The molecule has 1 N–H and O–H groups in total. The maximum atomic E-state index is 12.9. The lowest BCUT2D eigenvalue weighted by Crippen LogP contribution is -2.30. The van der Waals surface area contributed by atoms with E-state index in [9.17, 15) is 9.59 Å². The Balaban J connectivity index is 1.19. The van der Waals surface area contributed by atoms with Crippen LogP contribution in [0.4, 0.5) is 5.13 Å². The summed E-state index contributed by atoms with van der Waals surface area (Å²) >= 11 is 7.49. The second kappa shape index (κ2) is 10.8. The molecule has 0 fully saturated rings. The lowest BCUT2D eigenvalue weighted by atomic mass is 10.1. The first-order valence-electron chi connectivity index (χ1n) is 12.1. The normalized spacial score (nSPS) is 11.8. The molecular weight excluding hydrogens is 552 g/mol. The topological polar surface area (TPSA) is 120 Å². The van der Waals surface area contributed by atoms with Crippen molar-refractivity contribution in [2.24, 2.45) is 0 Å². The van der Waals surface area contributed by atoms with Crippen LogP contribution < -0.4 is 5.32 Å². The van der Waals surface area contributed by atoms with E-state index in [0.717, 1.165) is 5.56 Å². The van der Waals surface area contributed by atoms with Gasteiger partial charge in [-0.1, -0.05) is 29.8 Å². The zero-order chi connectivity index (χ0) is 27.6. The van der Waals surface area contributed by atoms with E-state index >= 15 is 0 Å². The van der Waals surface area contributed by atoms with Gasteiger partial charge in [-0.05, 0) is 55.5 Å². The molecule has 1 atom stereocenters. The van der Waals surface area contributed by atoms with Crippen molar-refractivity contribution in [3.8, 4) is 34.2 Å². The van der Waals surface area contributed by atoms with Gasteiger partial charge in [-0.25, -0.2) is 19.7 Å². The molecule has 1 unspecified atom stereocenters. The second-order valence-electron chi connectivity index (χ2n) is 8.63. The number of benzene rings is 2. The van der Waals surface area contributed by atoms with E-state index in [0.29, 0.717) is 49.8 Å². The third-order valence-corrected chi connectivity index (χ3v) is 7.03. The Kier molecular flexibility index (Phi) is 6.85. The van der Waals surface area contributed by atoms with Crippen LogP contribution in [0.25, 0.3) is 45.2 Å². The van der Waals surface area contributed by atoms with E-state index in [1.165, 1.54) is 24.5 Å². The first kappa shape index (κ1) is 25.5. The molecule has 0 radical (unpaired) electrons. The molecule has 40 heavy (non-hydrogen) atoms. The summed E-state index contributed by atoms with van der Waals surface area (Å²) in [5.41, 5.74) is 3.57. The van der Waals surface area contributed by atoms with Crippen molar-refractivity contribution in [1.82, 2.24) is 15.0 Å². The number of halogens is 1. The molecule has 6 aromatic rings. The minimum Gasteiger partial charge on any atom is -0.463 e. The van der Waals surface area contributed by atoms with E-state index in [1.54, 1.807) is 60.2 Å². The number of amides is 1. The van der Waals surface area contributed by atoms with E-state index < -0.39 is 18.0 Å². The number of furan rings is 2. The van der Waals surface area contributed by atoms with Gasteiger partial charge in [0.05, 0.1) is 34.8 Å². The third-order valence-electron chi connectivity index (χ3n) is 5.95. The fourth-order valence-electron chi connectivity index (χ4n) is 3.96. The van der Waals surface area contributed by atoms with Gasteiger partial charge in [0.15, 0.2) is 22.8 Å². The van der Waals surface area contributed by atoms with Crippen LogP contribution in [0.3, 0.4) is 0 Å². The molecule has 0 aliphatic heterocycles. The predicted octanol–water partition coefficient (Wildman–Crippen LogP) is 7.11. The fraction of sp³-hybridized carbons (Fsp3) is 0.0690. The van der Waals surface area contributed by atoms with Crippen LogP contribution >= 0.6 is 22.9 Å². The number of thiazole rings is 1. The minimum absolute atomic E-state index is 0.216. The number of hydrogen-bond donors (Lipinski definition) is 1. The Morgan fingerprint density at radius 1 is 0.900 bits per heavy atom. The predicted molar refractivity (Wildman–Crippen MR) is 151 cm³/mol. The zero-order valence-electron chi connectivity index (χ0n) is 20.8. The summed E-state index contributed by atoms with van der Waals surface area (Å²) in [6.07, 6.45) is 2.01. The van der Waals surface area contributed by atoms with E-state index in [4.69, 9.17) is 35.1 Å². The van der Waals surface area contributed by atoms with Crippen molar-refractivity contribution in [1.29, 1.82) is 0 Å². The number of anilines is 1. The highest BCUT2D eigenvalue weighted by molar-refractivity contribution is 7.14. The van der Waals surface area contributed by atoms with Crippen LogP contribution in [0, 0.1) is 0 Å². The lowest BCUT2D eigenvalue weighted by molar-refractivity contribution is -0.123. The summed E-state index contributed by atoms with van der Waals surface area (Å²) in [5.74, 6) is -0.170. The van der Waals surface area contributed by atoms with E-state index in [2.05, 4.69) is 10.3 Å². The summed E-state index contributed by atoms with van der Waals surface area (Å²) in [4.78, 5) is 39.5. The highest BCUT2D eigenvalue weighted by Gasteiger charge is 2.22. The average Bonchev–Trinajstić information content (AvgIpc) is 3.76. The fourth-order valence-corrected chi connectivity index (χ4v) is 4.91. The molecule has 0 aliphatic carbocycles. The Hall–Kier alpha value is -4.80. The van der Waals surface area contributed by atoms with Gasteiger partial charge in [0.1, 0.15) is 11.4 Å². The maximum absolute atomic E-state index is 12.9. The Morgan fingerprint density at radius 2 is 1.60 bits per heavy atom. The number of nitrogens with one attached hydrogen (secondary N) is 1. The minimum atomic E-state index is -1.08. The molecule has 9 nitrogen and oxygen atoms in total. The molecule has 0 saturated carbocycles. The van der Waals surface area contributed by atoms with Crippen molar-refractivity contribution < 1.29 is 23.2 Å². The first-order chi connectivity index (χ1) is 19.5. The number of aromatic nitrogens is 3. The molecule has 198 valence electrons. The molecule has 4 heterocycles. The number of carbonyl (C=O) groups is 2. The number of rotatable bonds is 7. The third kappa shape index (κ3) is 5.09. The van der Waals surface area contributed by atoms with Gasteiger partial charge in [-0.2, -0.15) is 0 Å². The summed E-state index contributed by atoms with van der Waals surface area (Å²) in [5, 5.41) is 5.40. The zero-order valence-corrected chi connectivity index (χ0v) is 22.4. The van der Waals surface area contributed by atoms with Gasteiger partial charge >= 0.3 is 5.97 Å². The SMILES string of the molecule is CC(OC(=O)c1ccc2nc(-c3ccco3)c(-c3ccco3)nc2c1)C(=O)Nc1nc(-c2ccccc2Cl)cs1. The molecule has 4 aromatic heterocycles. The molecule has 0 spiro atoms. The van der Waals surface area contributed by atoms with Crippen molar-refractivity contribution in [3.05, 3.63) is 95.2 Å². The summed E-state index contributed by atoms with van der Waals surface area (Å²) in [6, 6.07) is 19.1. The molecule has 2 aromatic carbocycles. The summed E-state index contributed by atoms with van der Waals surface area (Å²) in [6.45, 7) is 1.49. The Morgan fingerprint density at radius 3 is 2.27 bits per heavy atom. The number of ether oxygens (including phenoxy) is 1. The van der Waals surface area contributed by atoms with Crippen LogP contribution in [0.5, 0.6) is 0 Å². The summed E-state index contributed by atoms with van der Waals surface area (Å²) in [7, 11) is 0. The average molecular weight is 571 g/mol. The Labute approximate surface area is 236 Å². The van der Waals surface area contributed by atoms with Crippen LogP contribution in [0.1, 0.15) is 17.3 Å². The lowest BCUT2D eigenvalue weighted by Gasteiger charge is -2.13. The van der Waals surface area contributed by atoms with Gasteiger partial charge in [0.25, 0.3) is 5.91 Å². The molecule has 1 amide bonds. The second-order valence-corrected chi connectivity index (χ2v) is 9.90. The molecule has 11 heteroatoms. The number of fused-ring (bicyclic) bond motifs is 1. The molecule has 6 rings (SSSR count). The monoisotopic (exact) mass is 570 g/mol. The number of esters is 1. The summed E-state index contributed by atoms with van der Waals surface area (Å²) < 4.78 is 16.5. The van der Waals surface area contributed by atoms with Crippen molar-refractivity contribution >= 4 is 51.0 Å².